The van der Waals surface area contributed by atoms with Crippen molar-refractivity contribution in [3.8, 4) is 11.5 Å². The molecule has 0 bridgehead atoms. The highest BCUT2D eigenvalue weighted by Crippen LogP contribution is 2.28. The van der Waals surface area contributed by atoms with Gasteiger partial charge in [-0.15, -0.1) is 0 Å². The first kappa shape index (κ1) is 15.9. The molecule has 2 N–H and O–H groups in total. The minimum Gasteiger partial charge on any atom is -0.481 e. The zero-order valence-corrected chi connectivity index (χ0v) is 12.2. The van der Waals surface area contributed by atoms with Crippen LogP contribution < -0.4 is 4.74 Å². The van der Waals surface area contributed by atoms with Gasteiger partial charge in [0.25, 0.3) is 0 Å². The topological polar surface area (TPSA) is 83.8 Å². The standard InChI is InChI=1S/C16H13ClO5/c17-12-3-6-14(11(8-12)9-16(20)21)22-13-4-1-10(2-5-13)7-15(18)19/h1-6,8H,7,9H2,(H,18,19)(H,20,21). The molecule has 2 rings (SSSR count). The third-order valence-electron chi connectivity index (χ3n) is 2.87. The Kier molecular flexibility index (Phi) is 5.01. The minimum absolute atomic E-state index is 0.0640. The van der Waals surface area contributed by atoms with Gasteiger partial charge < -0.3 is 14.9 Å². The largest absolute Gasteiger partial charge is 0.481 e. The number of halogens is 1. The summed E-state index contributed by atoms with van der Waals surface area (Å²) in [6, 6.07) is 11.3. The Balaban J connectivity index is 2.19. The second kappa shape index (κ2) is 6.95. The van der Waals surface area contributed by atoms with Crippen molar-refractivity contribution in [1.82, 2.24) is 0 Å². The van der Waals surface area contributed by atoms with Gasteiger partial charge in [0.15, 0.2) is 0 Å². The predicted octanol–water partition coefficient (Wildman–Crippen LogP) is 3.39. The Morgan fingerprint density at radius 2 is 1.59 bits per heavy atom. The lowest BCUT2D eigenvalue weighted by molar-refractivity contribution is -0.137. The van der Waals surface area contributed by atoms with Crippen molar-refractivity contribution in [3.63, 3.8) is 0 Å². The average Bonchev–Trinajstić information content (AvgIpc) is 2.42. The van der Waals surface area contributed by atoms with E-state index in [9.17, 15) is 9.59 Å². The van der Waals surface area contributed by atoms with Crippen molar-refractivity contribution >= 4 is 23.5 Å². The molecule has 5 nitrogen and oxygen atoms in total. The molecular weight excluding hydrogens is 308 g/mol. The van der Waals surface area contributed by atoms with Gasteiger partial charge in [-0.05, 0) is 35.9 Å². The van der Waals surface area contributed by atoms with E-state index in [1.54, 1.807) is 42.5 Å². The number of carboxylic acids is 2. The number of rotatable bonds is 6. The maximum absolute atomic E-state index is 10.9. The molecule has 0 saturated heterocycles. The summed E-state index contributed by atoms with van der Waals surface area (Å²) in [6.45, 7) is 0. The van der Waals surface area contributed by atoms with E-state index in [1.165, 1.54) is 0 Å². The number of carbonyl (C=O) groups is 2. The smallest absolute Gasteiger partial charge is 0.307 e. The molecule has 0 radical (unpaired) electrons. The fourth-order valence-corrected chi connectivity index (χ4v) is 2.12. The van der Waals surface area contributed by atoms with Crippen LogP contribution in [0.3, 0.4) is 0 Å². The zero-order valence-electron chi connectivity index (χ0n) is 11.5. The quantitative estimate of drug-likeness (QED) is 0.852. The van der Waals surface area contributed by atoms with E-state index in [2.05, 4.69) is 0 Å². The van der Waals surface area contributed by atoms with E-state index in [0.29, 0.717) is 27.6 Å². The lowest BCUT2D eigenvalue weighted by atomic mass is 10.1. The molecule has 0 aromatic heterocycles. The van der Waals surface area contributed by atoms with Gasteiger partial charge in [0.2, 0.25) is 0 Å². The van der Waals surface area contributed by atoms with Crippen molar-refractivity contribution in [2.75, 3.05) is 0 Å². The van der Waals surface area contributed by atoms with E-state index in [1.807, 2.05) is 0 Å². The van der Waals surface area contributed by atoms with Crippen molar-refractivity contribution < 1.29 is 24.5 Å². The number of aliphatic carboxylic acids is 2. The third kappa shape index (κ3) is 4.49. The molecule has 0 aliphatic carbocycles. The molecular formula is C16H13ClO5. The van der Waals surface area contributed by atoms with Crippen LogP contribution in [0.15, 0.2) is 42.5 Å². The molecule has 0 atom stereocenters. The third-order valence-corrected chi connectivity index (χ3v) is 3.11. The Hall–Kier alpha value is -2.53. The SMILES string of the molecule is O=C(O)Cc1ccc(Oc2ccc(Cl)cc2CC(=O)O)cc1. The van der Waals surface area contributed by atoms with Gasteiger partial charge in [0.1, 0.15) is 11.5 Å². The van der Waals surface area contributed by atoms with Gasteiger partial charge in [-0.2, -0.15) is 0 Å². The Bertz CT molecular complexity index is 694. The van der Waals surface area contributed by atoms with E-state index in [0.717, 1.165) is 0 Å². The summed E-state index contributed by atoms with van der Waals surface area (Å²) in [5.74, 6) is -1.00. The van der Waals surface area contributed by atoms with Crippen molar-refractivity contribution in [2.45, 2.75) is 12.8 Å². The van der Waals surface area contributed by atoms with Crippen LogP contribution >= 0.6 is 11.6 Å². The summed E-state index contributed by atoms with van der Waals surface area (Å²) in [4.78, 5) is 21.5. The summed E-state index contributed by atoms with van der Waals surface area (Å²) in [5.41, 5.74) is 1.12. The number of hydrogen-bond acceptors (Lipinski definition) is 3. The Morgan fingerprint density at radius 3 is 2.18 bits per heavy atom. The normalized spacial score (nSPS) is 10.2. The maximum atomic E-state index is 10.9. The first-order valence-electron chi connectivity index (χ1n) is 6.43. The van der Waals surface area contributed by atoms with Crippen LogP contribution in [-0.2, 0) is 22.4 Å². The van der Waals surface area contributed by atoms with Crippen molar-refractivity contribution in [2.24, 2.45) is 0 Å². The summed E-state index contributed by atoms with van der Waals surface area (Å²) >= 11 is 5.87. The molecule has 0 heterocycles. The molecule has 0 aliphatic rings. The van der Waals surface area contributed by atoms with Crippen molar-refractivity contribution in [3.05, 3.63) is 58.6 Å². The summed E-state index contributed by atoms with van der Waals surface area (Å²) in [7, 11) is 0. The fourth-order valence-electron chi connectivity index (χ4n) is 1.93. The number of benzene rings is 2. The molecule has 22 heavy (non-hydrogen) atoms. The molecule has 0 aliphatic heterocycles. The number of ether oxygens (including phenoxy) is 1. The second-order valence-corrected chi connectivity index (χ2v) is 5.08. The molecule has 0 saturated carbocycles. The Morgan fingerprint density at radius 1 is 0.955 bits per heavy atom. The molecule has 0 fully saturated rings. The van der Waals surface area contributed by atoms with Gasteiger partial charge in [-0.1, -0.05) is 23.7 Å². The highest BCUT2D eigenvalue weighted by molar-refractivity contribution is 6.30. The van der Waals surface area contributed by atoms with Crippen LogP contribution in [0.1, 0.15) is 11.1 Å². The lowest BCUT2D eigenvalue weighted by Gasteiger charge is -2.11. The van der Waals surface area contributed by atoms with Gasteiger partial charge in [0, 0.05) is 10.6 Å². The summed E-state index contributed by atoms with van der Waals surface area (Å²) in [5, 5.41) is 18.1. The molecule has 0 amide bonds. The van der Waals surface area contributed by atoms with Crippen LogP contribution in [0, 0.1) is 0 Å². The molecule has 6 heteroatoms. The van der Waals surface area contributed by atoms with Crippen LogP contribution in [0.25, 0.3) is 0 Å². The first-order chi connectivity index (χ1) is 10.4. The van der Waals surface area contributed by atoms with E-state index >= 15 is 0 Å². The second-order valence-electron chi connectivity index (χ2n) is 4.64. The van der Waals surface area contributed by atoms with Crippen LogP contribution in [0.5, 0.6) is 11.5 Å². The van der Waals surface area contributed by atoms with E-state index in [-0.39, 0.29) is 12.8 Å². The predicted molar refractivity (Wildman–Crippen MR) is 80.6 cm³/mol. The molecule has 0 unspecified atom stereocenters. The minimum atomic E-state index is -0.982. The molecule has 114 valence electrons. The van der Waals surface area contributed by atoms with Gasteiger partial charge in [0.05, 0.1) is 12.8 Å². The first-order valence-corrected chi connectivity index (χ1v) is 6.80. The van der Waals surface area contributed by atoms with Crippen LogP contribution in [0.2, 0.25) is 5.02 Å². The number of carboxylic acid groups (broad SMARTS) is 2. The van der Waals surface area contributed by atoms with Gasteiger partial charge in [-0.25, -0.2) is 0 Å². The summed E-state index contributed by atoms with van der Waals surface area (Å²) < 4.78 is 5.66. The average molecular weight is 321 g/mol. The molecule has 2 aromatic carbocycles. The Labute approximate surface area is 131 Å². The van der Waals surface area contributed by atoms with Crippen LogP contribution in [-0.4, -0.2) is 22.2 Å². The van der Waals surface area contributed by atoms with Crippen molar-refractivity contribution in [1.29, 1.82) is 0 Å². The van der Waals surface area contributed by atoms with E-state index < -0.39 is 11.9 Å². The van der Waals surface area contributed by atoms with Crippen LogP contribution in [0.4, 0.5) is 0 Å². The highest BCUT2D eigenvalue weighted by atomic mass is 35.5. The zero-order chi connectivity index (χ0) is 16.1. The fraction of sp³-hybridized carbons (Fsp3) is 0.125. The van der Waals surface area contributed by atoms with Gasteiger partial charge in [-0.3, -0.25) is 9.59 Å². The lowest BCUT2D eigenvalue weighted by Crippen LogP contribution is -2.02. The number of hydrogen-bond donors (Lipinski definition) is 2. The highest BCUT2D eigenvalue weighted by Gasteiger charge is 2.10. The summed E-state index contributed by atoms with van der Waals surface area (Å²) in [6.07, 6.45) is -0.265. The maximum Gasteiger partial charge on any atom is 0.307 e. The van der Waals surface area contributed by atoms with Gasteiger partial charge >= 0.3 is 11.9 Å². The molecule has 0 spiro atoms. The molecule has 2 aromatic rings. The van der Waals surface area contributed by atoms with E-state index in [4.69, 9.17) is 26.6 Å². The monoisotopic (exact) mass is 320 g/mol.